The lowest BCUT2D eigenvalue weighted by atomic mass is 10.1. The SMILES string of the molecule is CCC(C)NC(=O)CCNC(=O)CCc1ccc(S(=O)(=O)NC2CC2)cc1. The maximum absolute atomic E-state index is 12.1. The second kappa shape index (κ2) is 9.85. The van der Waals surface area contributed by atoms with Gasteiger partial charge in [-0.1, -0.05) is 19.1 Å². The van der Waals surface area contributed by atoms with Crippen LogP contribution in [0, 0.1) is 0 Å². The first-order chi connectivity index (χ1) is 12.8. The van der Waals surface area contributed by atoms with Gasteiger partial charge in [0.15, 0.2) is 0 Å². The van der Waals surface area contributed by atoms with E-state index in [0.29, 0.717) is 19.4 Å². The number of amides is 2. The number of carbonyl (C=O) groups excluding carboxylic acids is 2. The normalized spacial score (nSPS) is 15.2. The molecule has 1 atom stereocenters. The number of sulfonamides is 1. The molecule has 7 nitrogen and oxygen atoms in total. The number of aryl methyl sites for hydroxylation is 1. The second-order valence-corrected chi connectivity index (χ2v) is 8.73. The van der Waals surface area contributed by atoms with E-state index in [4.69, 9.17) is 0 Å². The Morgan fingerprint density at radius 2 is 1.78 bits per heavy atom. The molecule has 3 N–H and O–H groups in total. The van der Waals surface area contributed by atoms with Crippen molar-refractivity contribution in [3.8, 4) is 0 Å². The number of rotatable bonds is 11. The van der Waals surface area contributed by atoms with E-state index in [0.717, 1.165) is 24.8 Å². The molecule has 1 aliphatic rings. The molecule has 150 valence electrons. The van der Waals surface area contributed by atoms with Gasteiger partial charge in [-0.15, -0.1) is 0 Å². The summed E-state index contributed by atoms with van der Waals surface area (Å²) < 4.78 is 26.9. The summed E-state index contributed by atoms with van der Waals surface area (Å²) in [6, 6.07) is 6.81. The van der Waals surface area contributed by atoms with Gasteiger partial charge in [0.1, 0.15) is 0 Å². The van der Waals surface area contributed by atoms with Crippen LogP contribution in [0.15, 0.2) is 29.2 Å². The van der Waals surface area contributed by atoms with Crippen LogP contribution in [-0.2, 0) is 26.0 Å². The fraction of sp³-hybridized carbons (Fsp3) is 0.579. The first-order valence-corrected chi connectivity index (χ1v) is 11.0. The van der Waals surface area contributed by atoms with E-state index in [9.17, 15) is 18.0 Å². The fourth-order valence-electron chi connectivity index (χ4n) is 2.43. The molecule has 2 amide bonds. The molecule has 1 fully saturated rings. The number of nitrogens with one attached hydrogen (secondary N) is 3. The Labute approximate surface area is 161 Å². The minimum Gasteiger partial charge on any atom is -0.356 e. The molecule has 0 saturated heterocycles. The molecule has 27 heavy (non-hydrogen) atoms. The predicted octanol–water partition coefficient (Wildman–Crippen LogP) is 1.48. The average Bonchev–Trinajstić information content (AvgIpc) is 3.43. The van der Waals surface area contributed by atoms with Crippen molar-refractivity contribution in [2.24, 2.45) is 0 Å². The third kappa shape index (κ3) is 7.68. The highest BCUT2D eigenvalue weighted by Gasteiger charge is 2.27. The van der Waals surface area contributed by atoms with E-state index in [1.807, 2.05) is 13.8 Å². The molecule has 1 unspecified atom stereocenters. The predicted molar refractivity (Wildman–Crippen MR) is 104 cm³/mol. The molecule has 0 radical (unpaired) electrons. The van der Waals surface area contributed by atoms with Gasteiger partial charge < -0.3 is 10.6 Å². The molecule has 1 saturated carbocycles. The third-order valence-corrected chi connectivity index (χ3v) is 6.00. The summed E-state index contributed by atoms with van der Waals surface area (Å²) in [6.45, 7) is 4.25. The Kier molecular flexibility index (Phi) is 7.79. The molecule has 0 aromatic heterocycles. The van der Waals surface area contributed by atoms with Crippen LogP contribution in [-0.4, -0.2) is 38.9 Å². The highest BCUT2D eigenvalue weighted by Crippen LogP contribution is 2.22. The van der Waals surface area contributed by atoms with Crippen LogP contribution < -0.4 is 15.4 Å². The molecular formula is C19H29N3O4S. The van der Waals surface area contributed by atoms with Gasteiger partial charge in [-0.05, 0) is 50.3 Å². The third-order valence-electron chi connectivity index (χ3n) is 4.47. The zero-order chi connectivity index (χ0) is 19.9. The van der Waals surface area contributed by atoms with Gasteiger partial charge in [-0.2, -0.15) is 0 Å². The van der Waals surface area contributed by atoms with Crippen LogP contribution in [0.3, 0.4) is 0 Å². The molecular weight excluding hydrogens is 366 g/mol. The van der Waals surface area contributed by atoms with Crippen LogP contribution >= 0.6 is 0 Å². The number of carbonyl (C=O) groups is 2. The Morgan fingerprint density at radius 1 is 1.11 bits per heavy atom. The van der Waals surface area contributed by atoms with Gasteiger partial charge in [0.05, 0.1) is 4.90 Å². The van der Waals surface area contributed by atoms with Crippen molar-refractivity contribution >= 4 is 21.8 Å². The Morgan fingerprint density at radius 3 is 2.37 bits per heavy atom. The molecule has 2 rings (SSSR count). The monoisotopic (exact) mass is 395 g/mol. The van der Waals surface area contributed by atoms with Crippen LogP contribution in [0.25, 0.3) is 0 Å². The maximum Gasteiger partial charge on any atom is 0.240 e. The standard InChI is InChI=1S/C19H29N3O4S/c1-3-14(2)21-19(24)12-13-20-18(23)11-6-15-4-9-17(10-5-15)27(25,26)22-16-7-8-16/h4-5,9-10,14,16,22H,3,6-8,11-13H2,1-2H3,(H,20,23)(H,21,24). The van der Waals surface area contributed by atoms with Crippen molar-refractivity contribution in [3.63, 3.8) is 0 Å². The second-order valence-electron chi connectivity index (χ2n) is 7.02. The minimum absolute atomic E-state index is 0.0683. The highest BCUT2D eigenvalue weighted by molar-refractivity contribution is 7.89. The fourth-order valence-corrected chi connectivity index (χ4v) is 3.74. The summed E-state index contributed by atoms with van der Waals surface area (Å²) in [7, 11) is -3.44. The first-order valence-electron chi connectivity index (χ1n) is 9.47. The zero-order valence-electron chi connectivity index (χ0n) is 16.0. The largest absolute Gasteiger partial charge is 0.356 e. The molecule has 1 aromatic carbocycles. The summed E-state index contributed by atoms with van der Waals surface area (Å²) in [5.41, 5.74) is 0.894. The van der Waals surface area contributed by atoms with Crippen molar-refractivity contribution < 1.29 is 18.0 Å². The number of benzene rings is 1. The van der Waals surface area contributed by atoms with E-state index < -0.39 is 10.0 Å². The van der Waals surface area contributed by atoms with Crippen LogP contribution in [0.2, 0.25) is 0 Å². The summed E-state index contributed by atoms with van der Waals surface area (Å²) in [5.74, 6) is -0.195. The lowest BCUT2D eigenvalue weighted by molar-refractivity contribution is -0.122. The van der Waals surface area contributed by atoms with E-state index in [1.54, 1.807) is 24.3 Å². The summed E-state index contributed by atoms with van der Waals surface area (Å²) in [5, 5.41) is 5.58. The maximum atomic E-state index is 12.1. The first kappa shape index (κ1) is 21.4. The average molecular weight is 396 g/mol. The van der Waals surface area contributed by atoms with Crippen LogP contribution in [0.4, 0.5) is 0 Å². The van der Waals surface area contributed by atoms with Crippen molar-refractivity contribution in [1.29, 1.82) is 0 Å². The van der Waals surface area contributed by atoms with Crippen molar-refractivity contribution in [1.82, 2.24) is 15.4 Å². The smallest absolute Gasteiger partial charge is 0.240 e. The highest BCUT2D eigenvalue weighted by atomic mass is 32.2. The van der Waals surface area contributed by atoms with Gasteiger partial charge in [0, 0.05) is 31.5 Å². The van der Waals surface area contributed by atoms with E-state index >= 15 is 0 Å². The Balaban J connectivity index is 1.69. The molecule has 0 aliphatic heterocycles. The minimum atomic E-state index is -3.44. The van der Waals surface area contributed by atoms with Crippen LogP contribution in [0.1, 0.15) is 51.5 Å². The lowest BCUT2D eigenvalue weighted by Crippen LogP contribution is -2.35. The number of hydrogen-bond donors (Lipinski definition) is 3. The number of hydrogen-bond acceptors (Lipinski definition) is 4. The molecule has 0 heterocycles. The van der Waals surface area contributed by atoms with E-state index in [1.165, 1.54) is 0 Å². The molecule has 0 spiro atoms. The summed E-state index contributed by atoms with van der Waals surface area (Å²) in [6.07, 6.45) is 3.73. The topological polar surface area (TPSA) is 104 Å². The van der Waals surface area contributed by atoms with Gasteiger partial charge in [-0.25, -0.2) is 13.1 Å². The van der Waals surface area contributed by atoms with Crippen molar-refractivity contribution in [2.45, 2.75) is 69.4 Å². The Hall–Kier alpha value is -1.93. The quantitative estimate of drug-likeness (QED) is 0.528. The van der Waals surface area contributed by atoms with Gasteiger partial charge >= 0.3 is 0 Å². The zero-order valence-corrected chi connectivity index (χ0v) is 16.8. The van der Waals surface area contributed by atoms with Crippen molar-refractivity contribution in [3.05, 3.63) is 29.8 Å². The lowest BCUT2D eigenvalue weighted by Gasteiger charge is -2.11. The van der Waals surface area contributed by atoms with Crippen molar-refractivity contribution in [2.75, 3.05) is 6.54 Å². The Bertz CT molecular complexity index is 743. The van der Waals surface area contributed by atoms with Gasteiger partial charge in [0.2, 0.25) is 21.8 Å². The van der Waals surface area contributed by atoms with E-state index in [2.05, 4.69) is 15.4 Å². The molecule has 0 bridgehead atoms. The molecule has 1 aromatic rings. The van der Waals surface area contributed by atoms with Crippen LogP contribution in [0.5, 0.6) is 0 Å². The summed E-state index contributed by atoms with van der Waals surface area (Å²) >= 11 is 0. The molecule has 8 heteroatoms. The van der Waals surface area contributed by atoms with Gasteiger partial charge in [0.25, 0.3) is 0 Å². The summed E-state index contributed by atoms with van der Waals surface area (Å²) in [4.78, 5) is 23.8. The molecule has 1 aliphatic carbocycles. The van der Waals surface area contributed by atoms with Gasteiger partial charge in [-0.3, -0.25) is 9.59 Å². The van der Waals surface area contributed by atoms with E-state index in [-0.39, 0.29) is 35.2 Å².